The maximum Gasteiger partial charge on any atom is 0.148 e. The first kappa shape index (κ1) is 11.8. The number of fused-ring (bicyclic) bond motifs is 1. The van der Waals surface area contributed by atoms with Crippen molar-refractivity contribution < 1.29 is 4.39 Å². The second kappa shape index (κ2) is 4.44. The third kappa shape index (κ3) is 2.08. The van der Waals surface area contributed by atoms with Crippen LogP contribution in [-0.4, -0.2) is 10.2 Å². The number of nitrogens with zero attached hydrogens (tertiary/aromatic N) is 1. The zero-order valence-corrected chi connectivity index (χ0v) is 10.5. The number of aromatic amines is 1. The van der Waals surface area contributed by atoms with Crippen molar-refractivity contribution in [1.29, 1.82) is 0 Å². The number of halogens is 2. The van der Waals surface area contributed by atoms with Gasteiger partial charge in [-0.15, -0.1) is 0 Å². The predicted octanol–water partition coefficient (Wildman–Crippen LogP) is 3.68. The first-order valence-electron chi connectivity index (χ1n) is 5.59. The summed E-state index contributed by atoms with van der Waals surface area (Å²) in [5.41, 5.74) is 8.00. The second-order valence-electron chi connectivity index (χ2n) is 4.12. The monoisotopic (exact) mass is 276 g/mol. The molecule has 3 rings (SSSR count). The standard InChI is InChI=1S/C13H10ClFN4/c14-8-2-1-3-9(15)13(8)18-12-5-11-7(4-10(12)16)6-17-19-11/h1-6,18H,16H2,(H,17,19). The van der Waals surface area contributed by atoms with Gasteiger partial charge in [-0.3, -0.25) is 5.10 Å². The molecule has 0 unspecified atom stereocenters. The SMILES string of the molecule is Nc1cc2cn[nH]c2cc1Nc1c(F)cccc1Cl. The van der Waals surface area contributed by atoms with E-state index in [0.29, 0.717) is 16.4 Å². The Morgan fingerprint density at radius 3 is 2.95 bits per heavy atom. The van der Waals surface area contributed by atoms with E-state index >= 15 is 0 Å². The summed E-state index contributed by atoms with van der Waals surface area (Å²) >= 11 is 5.97. The molecule has 1 heterocycles. The Kier molecular flexibility index (Phi) is 2.76. The molecule has 6 heteroatoms. The third-order valence-electron chi connectivity index (χ3n) is 2.83. The minimum absolute atomic E-state index is 0.203. The first-order valence-corrected chi connectivity index (χ1v) is 5.96. The number of benzene rings is 2. The van der Waals surface area contributed by atoms with Gasteiger partial charge in [-0.25, -0.2) is 4.39 Å². The molecule has 96 valence electrons. The van der Waals surface area contributed by atoms with Crippen molar-refractivity contribution in [2.75, 3.05) is 11.1 Å². The van der Waals surface area contributed by atoms with Gasteiger partial charge in [-0.05, 0) is 24.3 Å². The maximum atomic E-state index is 13.7. The number of para-hydroxylation sites is 1. The van der Waals surface area contributed by atoms with Gasteiger partial charge in [0.25, 0.3) is 0 Å². The highest BCUT2D eigenvalue weighted by molar-refractivity contribution is 6.33. The van der Waals surface area contributed by atoms with Crippen LogP contribution in [0.3, 0.4) is 0 Å². The lowest BCUT2D eigenvalue weighted by Gasteiger charge is -2.11. The smallest absolute Gasteiger partial charge is 0.148 e. The van der Waals surface area contributed by atoms with Crippen LogP contribution in [0.5, 0.6) is 0 Å². The van der Waals surface area contributed by atoms with Crippen LogP contribution in [0.15, 0.2) is 36.5 Å². The van der Waals surface area contributed by atoms with Crippen LogP contribution in [0.4, 0.5) is 21.5 Å². The van der Waals surface area contributed by atoms with Gasteiger partial charge in [0.2, 0.25) is 0 Å². The molecule has 0 aliphatic rings. The topological polar surface area (TPSA) is 66.7 Å². The van der Waals surface area contributed by atoms with Crippen molar-refractivity contribution in [3.05, 3.63) is 47.4 Å². The summed E-state index contributed by atoms with van der Waals surface area (Å²) in [7, 11) is 0. The molecule has 3 aromatic rings. The lowest BCUT2D eigenvalue weighted by atomic mass is 10.2. The minimum atomic E-state index is -0.434. The van der Waals surface area contributed by atoms with E-state index in [2.05, 4.69) is 15.5 Å². The highest BCUT2D eigenvalue weighted by atomic mass is 35.5. The summed E-state index contributed by atoms with van der Waals surface area (Å²) < 4.78 is 13.7. The average molecular weight is 277 g/mol. The normalized spacial score (nSPS) is 10.8. The van der Waals surface area contributed by atoms with Crippen molar-refractivity contribution in [3.8, 4) is 0 Å². The van der Waals surface area contributed by atoms with Crippen molar-refractivity contribution in [1.82, 2.24) is 10.2 Å². The largest absolute Gasteiger partial charge is 0.397 e. The molecule has 0 aliphatic heterocycles. The van der Waals surface area contributed by atoms with E-state index in [9.17, 15) is 4.39 Å². The highest BCUT2D eigenvalue weighted by Gasteiger charge is 2.10. The number of anilines is 3. The number of aromatic nitrogens is 2. The molecule has 4 N–H and O–H groups in total. The van der Waals surface area contributed by atoms with Crippen LogP contribution in [-0.2, 0) is 0 Å². The van der Waals surface area contributed by atoms with Gasteiger partial charge >= 0.3 is 0 Å². The summed E-state index contributed by atoms with van der Waals surface area (Å²) in [4.78, 5) is 0. The highest BCUT2D eigenvalue weighted by Crippen LogP contribution is 2.32. The van der Waals surface area contributed by atoms with Gasteiger partial charge in [0.1, 0.15) is 5.82 Å². The zero-order valence-electron chi connectivity index (χ0n) is 9.74. The fourth-order valence-electron chi connectivity index (χ4n) is 1.87. The average Bonchev–Trinajstić information content (AvgIpc) is 2.81. The molecule has 4 nitrogen and oxygen atoms in total. The van der Waals surface area contributed by atoms with Crippen molar-refractivity contribution >= 4 is 39.6 Å². The quantitative estimate of drug-likeness (QED) is 0.626. The predicted molar refractivity (Wildman–Crippen MR) is 75.2 cm³/mol. The molecular weight excluding hydrogens is 267 g/mol. The van der Waals surface area contributed by atoms with Gasteiger partial charge in [-0.1, -0.05) is 17.7 Å². The molecule has 0 saturated carbocycles. The summed E-state index contributed by atoms with van der Waals surface area (Å²) in [5.74, 6) is -0.434. The molecule has 0 fully saturated rings. The molecule has 0 aliphatic carbocycles. The molecule has 0 spiro atoms. The van der Waals surface area contributed by atoms with Gasteiger partial charge in [0.15, 0.2) is 0 Å². The van der Waals surface area contributed by atoms with Gasteiger partial charge in [-0.2, -0.15) is 5.10 Å². The summed E-state index contributed by atoms with van der Waals surface area (Å²) in [5, 5.41) is 10.8. The van der Waals surface area contributed by atoms with Crippen molar-refractivity contribution in [2.24, 2.45) is 0 Å². The number of nitrogen functional groups attached to an aromatic ring is 1. The third-order valence-corrected chi connectivity index (χ3v) is 3.15. The number of hydrogen-bond donors (Lipinski definition) is 3. The van der Waals surface area contributed by atoms with Crippen LogP contribution in [0, 0.1) is 5.82 Å². The van der Waals surface area contributed by atoms with E-state index in [1.807, 2.05) is 0 Å². The number of hydrogen-bond acceptors (Lipinski definition) is 3. The molecule has 0 amide bonds. The van der Waals surface area contributed by atoms with E-state index in [1.54, 1.807) is 30.5 Å². The van der Waals surface area contributed by atoms with Crippen LogP contribution in [0.25, 0.3) is 10.9 Å². The Morgan fingerprint density at radius 1 is 1.32 bits per heavy atom. The molecule has 0 atom stereocenters. The lowest BCUT2D eigenvalue weighted by molar-refractivity contribution is 0.632. The van der Waals surface area contributed by atoms with E-state index in [0.717, 1.165) is 10.9 Å². The summed E-state index contributed by atoms with van der Waals surface area (Å²) in [6.07, 6.45) is 1.67. The van der Waals surface area contributed by atoms with E-state index in [4.69, 9.17) is 17.3 Å². The fraction of sp³-hybridized carbons (Fsp3) is 0. The summed E-state index contributed by atoms with van der Waals surface area (Å²) in [6, 6.07) is 8.01. The van der Waals surface area contributed by atoms with Crippen LogP contribution in [0.2, 0.25) is 5.02 Å². The van der Waals surface area contributed by atoms with Crippen LogP contribution in [0.1, 0.15) is 0 Å². The molecule has 1 aromatic heterocycles. The van der Waals surface area contributed by atoms with Crippen molar-refractivity contribution in [2.45, 2.75) is 0 Å². The Bertz CT molecular complexity index is 733. The molecule has 19 heavy (non-hydrogen) atoms. The minimum Gasteiger partial charge on any atom is -0.397 e. The van der Waals surface area contributed by atoms with E-state index in [-0.39, 0.29) is 5.69 Å². The molecule has 0 radical (unpaired) electrons. The van der Waals surface area contributed by atoms with Crippen molar-refractivity contribution in [3.63, 3.8) is 0 Å². The number of nitrogens with two attached hydrogens (primary N) is 1. The Morgan fingerprint density at radius 2 is 2.16 bits per heavy atom. The zero-order chi connectivity index (χ0) is 13.4. The number of H-pyrrole nitrogens is 1. The lowest BCUT2D eigenvalue weighted by Crippen LogP contribution is -1.99. The molecule has 0 saturated heterocycles. The Labute approximate surface area is 113 Å². The summed E-state index contributed by atoms with van der Waals surface area (Å²) in [6.45, 7) is 0. The fourth-order valence-corrected chi connectivity index (χ4v) is 2.08. The Balaban J connectivity index is 2.07. The van der Waals surface area contributed by atoms with Crippen LogP contribution < -0.4 is 11.1 Å². The first-order chi connectivity index (χ1) is 9.15. The molecule has 0 bridgehead atoms. The van der Waals surface area contributed by atoms with Gasteiger partial charge < -0.3 is 11.1 Å². The number of nitrogens with one attached hydrogen (secondary N) is 2. The second-order valence-corrected chi connectivity index (χ2v) is 4.53. The van der Waals surface area contributed by atoms with Gasteiger partial charge in [0.05, 0.1) is 33.8 Å². The number of rotatable bonds is 2. The molecular formula is C13H10ClFN4. The Hall–Kier alpha value is -2.27. The van der Waals surface area contributed by atoms with Gasteiger partial charge in [0, 0.05) is 5.39 Å². The molecule has 2 aromatic carbocycles. The van der Waals surface area contributed by atoms with E-state index < -0.39 is 5.82 Å². The maximum absolute atomic E-state index is 13.7. The van der Waals surface area contributed by atoms with E-state index in [1.165, 1.54) is 6.07 Å². The van der Waals surface area contributed by atoms with Crippen LogP contribution >= 0.6 is 11.6 Å².